The highest BCUT2D eigenvalue weighted by Crippen LogP contribution is 2.35. The van der Waals surface area contributed by atoms with Gasteiger partial charge < -0.3 is 14.2 Å². The van der Waals surface area contributed by atoms with Crippen LogP contribution >= 0.6 is 11.6 Å². The third-order valence-corrected chi connectivity index (χ3v) is 6.62. The fourth-order valence-electron chi connectivity index (χ4n) is 4.90. The first kappa shape index (κ1) is 19.4. The lowest BCUT2D eigenvalue weighted by Crippen LogP contribution is -2.34. The molecular formula is C24H26ClN3O2. The molecule has 0 bridgehead atoms. The van der Waals surface area contributed by atoms with Crippen molar-refractivity contribution in [3.05, 3.63) is 59.4 Å². The number of nitrogens with zero attached hydrogens (tertiary/aromatic N) is 3. The number of fused-ring (bicyclic) bond motifs is 1. The maximum absolute atomic E-state index is 12.8. The molecule has 1 saturated heterocycles. The lowest BCUT2D eigenvalue weighted by molar-refractivity contribution is -0.129. The summed E-state index contributed by atoms with van der Waals surface area (Å²) in [6.07, 6.45) is 5.31. The number of likely N-dealkylation sites (tertiary alicyclic amines) is 1. The first-order chi connectivity index (χ1) is 14.7. The number of hydrogen-bond acceptors (Lipinski definition) is 3. The molecule has 0 spiro atoms. The minimum Gasteiger partial charge on any atom is -0.492 e. The number of imidazole rings is 1. The Balaban J connectivity index is 1.37. The summed E-state index contributed by atoms with van der Waals surface area (Å²) in [5.41, 5.74) is 2.07. The van der Waals surface area contributed by atoms with Crippen molar-refractivity contribution in [3.8, 4) is 5.75 Å². The number of hydrogen-bond donors (Lipinski definition) is 0. The quantitative estimate of drug-likeness (QED) is 0.558. The number of para-hydroxylation sites is 2. The average molecular weight is 424 g/mol. The summed E-state index contributed by atoms with van der Waals surface area (Å²) < 4.78 is 8.18. The standard InChI is InChI=1S/C24H26ClN3O2/c25-18-9-11-20(12-10-18)30-14-13-27-22-8-4-3-7-21(22)26-24(27)17-15-23(29)28(16-17)19-5-1-2-6-19/h3-4,7-12,17,19H,1-2,5-6,13-16H2. The Labute approximate surface area is 181 Å². The van der Waals surface area contributed by atoms with E-state index in [2.05, 4.69) is 15.5 Å². The average Bonchev–Trinajstić information content (AvgIpc) is 3.48. The van der Waals surface area contributed by atoms with Gasteiger partial charge in [0.1, 0.15) is 18.2 Å². The van der Waals surface area contributed by atoms with Crippen LogP contribution in [0.3, 0.4) is 0 Å². The molecule has 1 aromatic heterocycles. The molecule has 2 aromatic carbocycles. The third kappa shape index (κ3) is 3.79. The van der Waals surface area contributed by atoms with Gasteiger partial charge in [0.05, 0.1) is 17.6 Å². The zero-order chi connectivity index (χ0) is 20.5. The Hall–Kier alpha value is -2.53. The lowest BCUT2D eigenvalue weighted by atomic mass is 10.1. The molecule has 0 N–H and O–H groups in total. The number of halogens is 1. The van der Waals surface area contributed by atoms with Crippen molar-refractivity contribution >= 4 is 28.5 Å². The second kappa shape index (κ2) is 8.31. The van der Waals surface area contributed by atoms with Gasteiger partial charge >= 0.3 is 0 Å². The number of rotatable bonds is 6. The van der Waals surface area contributed by atoms with Crippen molar-refractivity contribution in [2.75, 3.05) is 13.2 Å². The van der Waals surface area contributed by atoms with Gasteiger partial charge in [-0.15, -0.1) is 0 Å². The molecule has 5 nitrogen and oxygen atoms in total. The molecule has 30 heavy (non-hydrogen) atoms. The van der Waals surface area contributed by atoms with Crippen LogP contribution in [-0.4, -0.2) is 39.6 Å². The maximum Gasteiger partial charge on any atom is 0.223 e. The molecule has 1 unspecified atom stereocenters. The summed E-state index contributed by atoms with van der Waals surface area (Å²) in [6, 6.07) is 16.0. The zero-order valence-corrected chi connectivity index (χ0v) is 17.7. The Bertz CT molecular complexity index is 1040. The largest absolute Gasteiger partial charge is 0.492 e. The summed E-state index contributed by atoms with van der Waals surface area (Å²) in [7, 11) is 0. The van der Waals surface area contributed by atoms with Crippen molar-refractivity contribution in [2.45, 2.75) is 50.6 Å². The summed E-state index contributed by atoms with van der Waals surface area (Å²) in [5, 5.41) is 0.697. The summed E-state index contributed by atoms with van der Waals surface area (Å²) in [6.45, 7) is 2.00. The van der Waals surface area contributed by atoms with Gasteiger partial charge in [-0.2, -0.15) is 0 Å². The van der Waals surface area contributed by atoms with Crippen LogP contribution in [0.1, 0.15) is 43.8 Å². The van der Waals surface area contributed by atoms with Crippen molar-refractivity contribution in [3.63, 3.8) is 0 Å². The molecule has 2 aliphatic rings. The van der Waals surface area contributed by atoms with Gasteiger partial charge in [0.2, 0.25) is 5.91 Å². The summed E-state index contributed by atoms with van der Waals surface area (Å²) >= 11 is 5.96. The minimum atomic E-state index is 0.140. The Kier molecular flexibility index (Phi) is 5.38. The van der Waals surface area contributed by atoms with Crippen LogP contribution in [-0.2, 0) is 11.3 Å². The monoisotopic (exact) mass is 423 g/mol. The van der Waals surface area contributed by atoms with Gasteiger partial charge in [-0.25, -0.2) is 4.98 Å². The van der Waals surface area contributed by atoms with E-state index >= 15 is 0 Å². The summed E-state index contributed by atoms with van der Waals surface area (Å²) in [5.74, 6) is 2.22. The van der Waals surface area contributed by atoms with Crippen LogP contribution in [0, 0.1) is 0 Å². The number of ether oxygens (including phenoxy) is 1. The first-order valence-corrected chi connectivity index (χ1v) is 11.2. The van der Waals surface area contributed by atoms with E-state index in [9.17, 15) is 4.79 Å². The van der Waals surface area contributed by atoms with Gasteiger partial charge in [0.25, 0.3) is 0 Å². The van der Waals surface area contributed by atoms with E-state index in [0.717, 1.165) is 42.0 Å². The van der Waals surface area contributed by atoms with E-state index in [1.807, 2.05) is 42.5 Å². The molecule has 156 valence electrons. The van der Waals surface area contributed by atoms with Crippen molar-refractivity contribution in [2.24, 2.45) is 0 Å². The smallest absolute Gasteiger partial charge is 0.223 e. The highest BCUT2D eigenvalue weighted by atomic mass is 35.5. The van der Waals surface area contributed by atoms with Crippen molar-refractivity contribution < 1.29 is 9.53 Å². The van der Waals surface area contributed by atoms with E-state index < -0.39 is 0 Å². The van der Waals surface area contributed by atoms with Gasteiger partial charge in [0.15, 0.2) is 0 Å². The number of benzene rings is 2. The van der Waals surface area contributed by atoms with Gasteiger partial charge in [-0.3, -0.25) is 4.79 Å². The number of carbonyl (C=O) groups excluding carboxylic acids is 1. The predicted molar refractivity (Wildman–Crippen MR) is 118 cm³/mol. The van der Waals surface area contributed by atoms with Crippen molar-refractivity contribution in [1.29, 1.82) is 0 Å². The van der Waals surface area contributed by atoms with E-state index in [1.165, 1.54) is 12.8 Å². The van der Waals surface area contributed by atoms with Crippen LogP contribution in [0.15, 0.2) is 48.5 Å². The molecule has 1 aliphatic heterocycles. The molecule has 2 heterocycles. The maximum atomic E-state index is 12.8. The first-order valence-electron chi connectivity index (χ1n) is 10.8. The highest BCUT2D eigenvalue weighted by molar-refractivity contribution is 6.30. The molecule has 3 aromatic rings. The lowest BCUT2D eigenvalue weighted by Gasteiger charge is -2.24. The van der Waals surface area contributed by atoms with Crippen LogP contribution < -0.4 is 4.74 Å². The van der Waals surface area contributed by atoms with E-state index in [0.29, 0.717) is 30.6 Å². The molecule has 1 saturated carbocycles. The normalized spacial score (nSPS) is 19.8. The zero-order valence-electron chi connectivity index (χ0n) is 17.0. The fraction of sp³-hybridized carbons (Fsp3) is 0.417. The van der Waals surface area contributed by atoms with E-state index in [-0.39, 0.29) is 11.8 Å². The molecule has 1 aliphatic carbocycles. The minimum absolute atomic E-state index is 0.140. The predicted octanol–water partition coefficient (Wildman–Crippen LogP) is 5.03. The van der Waals surface area contributed by atoms with Crippen molar-refractivity contribution in [1.82, 2.24) is 14.5 Å². The molecule has 5 rings (SSSR count). The Morgan fingerprint density at radius 2 is 1.83 bits per heavy atom. The SMILES string of the molecule is O=C1CC(c2nc3ccccc3n2CCOc2ccc(Cl)cc2)CN1C1CCCC1. The van der Waals surface area contributed by atoms with Crippen LogP contribution in [0.25, 0.3) is 11.0 Å². The Morgan fingerprint density at radius 3 is 2.63 bits per heavy atom. The van der Waals surface area contributed by atoms with Gasteiger partial charge in [0, 0.05) is 29.9 Å². The fourth-order valence-corrected chi connectivity index (χ4v) is 5.03. The number of aromatic nitrogens is 2. The van der Waals surface area contributed by atoms with E-state index in [1.54, 1.807) is 0 Å². The van der Waals surface area contributed by atoms with Crippen LogP contribution in [0.2, 0.25) is 5.02 Å². The molecule has 6 heteroatoms. The number of amides is 1. The Morgan fingerprint density at radius 1 is 1.07 bits per heavy atom. The van der Waals surface area contributed by atoms with Gasteiger partial charge in [-0.1, -0.05) is 36.6 Å². The third-order valence-electron chi connectivity index (χ3n) is 6.37. The molecule has 1 amide bonds. The van der Waals surface area contributed by atoms with E-state index in [4.69, 9.17) is 21.3 Å². The highest BCUT2D eigenvalue weighted by Gasteiger charge is 2.38. The molecule has 1 atom stereocenters. The van der Waals surface area contributed by atoms with Crippen LogP contribution in [0.5, 0.6) is 5.75 Å². The summed E-state index contributed by atoms with van der Waals surface area (Å²) in [4.78, 5) is 19.8. The molecule has 2 fully saturated rings. The molecule has 0 radical (unpaired) electrons. The molecular weight excluding hydrogens is 398 g/mol. The topological polar surface area (TPSA) is 47.4 Å². The second-order valence-corrected chi connectivity index (χ2v) is 8.73. The van der Waals surface area contributed by atoms with Gasteiger partial charge in [-0.05, 0) is 49.2 Å². The number of carbonyl (C=O) groups is 1. The van der Waals surface area contributed by atoms with Crippen LogP contribution in [0.4, 0.5) is 0 Å². The second-order valence-electron chi connectivity index (χ2n) is 8.30.